The summed E-state index contributed by atoms with van der Waals surface area (Å²) in [5, 5.41) is 14.4. The van der Waals surface area contributed by atoms with Crippen molar-refractivity contribution in [2.45, 2.75) is 26.5 Å². The zero-order chi connectivity index (χ0) is 13.1. The molecule has 1 atom stereocenters. The second-order valence-corrected chi connectivity index (χ2v) is 4.18. The van der Waals surface area contributed by atoms with Gasteiger partial charge in [0, 0.05) is 0 Å². The van der Waals surface area contributed by atoms with Crippen molar-refractivity contribution in [3.63, 3.8) is 0 Å². The van der Waals surface area contributed by atoms with Gasteiger partial charge in [-0.15, -0.1) is 0 Å². The lowest BCUT2D eigenvalue weighted by Crippen LogP contribution is -2.11. The van der Waals surface area contributed by atoms with E-state index in [1.165, 1.54) is 0 Å². The number of ether oxygens (including phenoxy) is 1. The van der Waals surface area contributed by atoms with E-state index >= 15 is 0 Å². The van der Waals surface area contributed by atoms with E-state index in [9.17, 15) is 5.11 Å². The number of benzene rings is 1. The van der Waals surface area contributed by atoms with Crippen molar-refractivity contribution < 1.29 is 9.84 Å². The first-order valence-electron chi connectivity index (χ1n) is 5.80. The Kier molecular flexibility index (Phi) is 3.62. The molecular formula is C13H17N3O2. The molecule has 1 aromatic heterocycles. The second-order valence-electron chi connectivity index (χ2n) is 4.18. The number of aliphatic hydroxyl groups is 1. The molecule has 0 aliphatic carbocycles. The van der Waals surface area contributed by atoms with Crippen LogP contribution in [0.2, 0.25) is 0 Å². The molecular weight excluding hydrogens is 230 g/mol. The van der Waals surface area contributed by atoms with Crippen molar-refractivity contribution in [3.05, 3.63) is 41.5 Å². The molecule has 0 saturated carbocycles. The molecule has 96 valence electrons. The highest BCUT2D eigenvalue weighted by atomic mass is 16.5. The van der Waals surface area contributed by atoms with Gasteiger partial charge in [-0.2, -0.15) is 5.10 Å². The summed E-state index contributed by atoms with van der Waals surface area (Å²) in [4.78, 5) is 4.21. The zero-order valence-electron chi connectivity index (χ0n) is 10.8. The maximum Gasteiger partial charge on any atom is 0.147 e. The number of hydrogen-bond acceptors (Lipinski definition) is 4. The smallest absolute Gasteiger partial charge is 0.147 e. The maximum atomic E-state index is 10.2. The largest absolute Gasteiger partial charge is 0.497 e. The lowest BCUT2D eigenvalue weighted by molar-refractivity contribution is 0.150. The predicted molar refractivity (Wildman–Crippen MR) is 67.4 cm³/mol. The fourth-order valence-corrected chi connectivity index (χ4v) is 1.85. The van der Waals surface area contributed by atoms with Crippen molar-refractivity contribution in [3.8, 4) is 5.75 Å². The molecule has 0 saturated heterocycles. The molecule has 0 aliphatic rings. The van der Waals surface area contributed by atoms with E-state index in [4.69, 9.17) is 4.74 Å². The topological polar surface area (TPSA) is 60.2 Å². The van der Waals surface area contributed by atoms with Gasteiger partial charge >= 0.3 is 0 Å². The molecule has 2 aromatic rings. The molecule has 1 unspecified atom stereocenters. The average Bonchev–Trinajstić information content (AvgIpc) is 2.68. The number of aryl methyl sites for hydroxylation is 2. The van der Waals surface area contributed by atoms with Crippen molar-refractivity contribution >= 4 is 0 Å². The molecule has 0 amide bonds. The minimum atomic E-state index is -0.625. The number of aliphatic hydroxyl groups excluding tert-OH is 1. The number of rotatable bonds is 4. The quantitative estimate of drug-likeness (QED) is 0.892. The van der Waals surface area contributed by atoms with Gasteiger partial charge in [0.05, 0.1) is 19.8 Å². The highest BCUT2D eigenvalue weighted by Gasteiger charge is 2.12. The van der Waals surface area contributed by atoms with Gasteiger partial charge < -0.3 is 9.84 Å². The lowest BCUT2D eigenvalue weighted by Gasteiger charge is -2.12. The molecule has 1 aromatic carbocycles. The van der Waals surface area contributed by atoms with Crippen LogP contribution < -0.4 is 4.74 Å². The fourth-order valence-electron chi connectivity index (χ4n) is 1.85. The van der Waals surface area contributed by atoms with E-state index in [1.807, 2.05) is 38.1 Å². The second kappa shape index (κ2) is 5.18. The van der Waals surface area contributed by atoms with E-state index in [1.54, 1.807) is 11.8 Å². The monoisotopic (exact) mass is 247 g/mol. The summed E-state index contributed by atoms with van der Waals surface area (Å²) >= 11 is 0. The van der Waals surface area contributed by atoms with Crippen molar-refractivity contribution in [1.29, 1.82) is 0 Å². The maximum absolute atomic E-state index is 10.2. The minimum absolute atomic E-state index is 0.389. The van der Waals surface area contributed by atoms with Crippen LogP contribution in [0.15, 0.2) is 24.3 Å². The summed E-state index contributed by atoms with van der Waals surface area (Å²) in [5.41, 5.74) is 0.807. The Morgan fingerprint density at radius 1 is 1.39 bits per heavy atom. The Labute approximate surface area is 106 Å². The minimum Gasteiger partial charge on any atom is -0.497 e. The third-order valence-electron chi connectivity index (χ3n) is 2.79. The molecule has 0 radical (unpaired) electrons. The van der Waals surface area contributed by atoms with Crippen LogP contribution in [0.4, 0.5) is 0 Å². The molecule has 2 rings (SSSR count). The number of nitrogens with zero attached hydrogens (tertiary/aromatic N) is 3. The van der Waals surface area contributed by atoms with Gasteiger partial charge in [0.1, 0.15) is 17.4 Å². The Morgan fingerprint density at radius 3 is 2.78 bits per heavy atom. The van der Waals surface area contributed by atoms with Crippen molar-refractivity contribution in [1.82, 2.24) is 14.8 Å². The Balaban J connectivity index is 2.16. The number of methoxy groups -OCH3 is 1. The molecule has 0 spiro atoms. The van der Waals surface area contributed by atoms with Crippen LogP contribution in [0.1, 0.15) is 23.3 Å². The molecule has 18 heavy (non-hydrogen) atoms. The highest BCUT2D eigenvalue weighted by molar-refractivity contribution is 5.29. The van der Waals surface area contributed by atoms with Crippen LogP contribution in [0.25, 0.3) is 0 Å². The third kappa shape index (κ3) is 2.68. The third-order valence-corrected chi connectivity index (χ3v) is 2.79. The van der Waals surface area contributed by atoms with Gasteiger partial charge in [-0.05, 0) is 31.5 Å². The first-order valence-corrected chi connectivity index (χ1v) is 5.80. The summed E-state index contributed by atoms with van der Waals surface area (Å²) in [6.07, 6.45) is -0.625. The molecule has 1 heterocycles. The van der Waals surface area contributed by atoms with Gasteiger partial charge in [-0.1, -0.05) is 12.1 Å². The summed E-state index contributed by atoms with van der Waals surface area (Å²) < 4.78 is 6.84. The van der Waals surface area contributed by atoms with E-state index in [2.05, 4.69) is 10.1 Å². The summed E-state index contributed by atoms with van der Waals surface area (Å²) in [7, 11) is 1.61. The van der Waals surface area contributed by atoms with Crippen molar-refractivity contribution in [2.24, 2.45) is 0 Å². The summed E-state index contributed by atoms with van der Waals surface area (Å²) in [6, 6.07) is 7.40. The van der Waals surface area contributed by atoms with Gasteiger partial charge in [-0.25, -0.2) is 9.67 Å². The molecule has 0 fully saturated rings. The Bertz CT molecular complexity index is 537. The first-order chi connectivity index (χ1) is 8.60. The van der Waals surface area contributed by atoms with Gasteiger partial charge in [0.2, 0.25) is 0 Å². The summed E-state index contributed by atoms with van der Waals surface area (Å²) in [5.74, 6) is 2.25. The van der Waals surface area contributed by atoms with E-state index in [0.717, 1.165) is 17.1 Å². The number of hydrogen-bond donors (Lipinski definition) is 1. The Hall–Kier alpha value is -1.88. The van der Waals surface area contributed by atoms with E-state index in [-0.39, 0.29) is 0 Å². The fraction of sp³-hybridized carbons (Fsp3) is 0.385. The zero-order valence-corrected chi connectivity index (χ0v) is 10.8. The van der Waals surface area contributed by atoms with E-state index < -0.39 is 6.10 Å². The van der Waals surface area contributed by atoms with E-state index in [0.29, 0.717) is 12.4 Å². The molecule has 0 aliphatic heterocycles. The van der Waals surface area contributed by atoms with Crippen LogP contribution in [0, 0.1) is 13.8 Å². The number of aromatic nitrogens is 3. The van der Waals surface area contributed by atoms with Gasteiger partial charge in [0.15, 0.2) is 0 Å². The molecule has 1 N–H and O–H groups in total. The van der Waals surface area contributed by atoms with Crippen LogP contribution >= 0.6 is 0 Å². The SMILES string of the molecule is COc1cccc(C(O)Cn2nc(C)nc2C)c1. The standard InChI is InChI=1S/C13H17N3O2/c1-9-14-10(2)16(15-9)8-13(17)11-5-4-6-12(7-11)18-3/h4-7,13,17H,8H2,1-3H3. The Morgan fingerprint density at radius 2 is 2.17 bits per heavy atom. The predicted octanol–water partition coefficient (Wildman–Crippen LogP) is 1.64. The van der Waals surface area contributed by atoms with Gasteiger partial charge in [-0.3, -0.25) is 0 Å². The summed E-state index contributed by atoms with van der Waals surface area (Å²) in [6.45, 7) is 4.10. The molecule has 0 bridgehead atoms. The molecule has 5 heteroatoms. The average molecular weight is 247 g/mol. The van der Waals surface area contributed by atoms with Gasteiger partial charge in [0.25, 0.3) is 0 Å². The lowest BCUT2D eigenvalue weighted by atomic mass is 10.1. The molecule has 5 nitrogen and oxygen atoms in total. The van der Waals surface area contributed by atoms with Crippen LogP contribution in [0.5, 0.6) is 5.75 Å². The van der Waals surface area contributed by atoms with Crippen LogP contribution in [-0.2, 0) is 6.54 Å². The van der Waals surface area contributed by atoms with Crippen LogP contribution in [-0.4, -0.2) is 27.0 Å². The van der Waals surface area contributed by atoms with Crippen LogP contribution in [0.3, 0.4) is 0 Å². The highest BCUT2D eigenvalue weighted by Crippen LogP contribution is 2.20. The normalized spacial score (nSPS) is 12.4. The first kappa shape index (κ1) is 12.6. The van der Waals surface area contributed by atoms with Crippen molar-refractivity contribution in [2.75, 3.05) is 7.11 Å².